The first-order chi connectivity index (χ1) is 16.8. The molecule has 0 radical (unpaired) electrons. The summed E-state index contributed by atoms with van der Waals surface area (Å²) >= 11 is 6.14. The molecule has 0 N–H and O–H groups in total. The van der Waals surface area contributed by atoms with Gasteiger partial charge in [0.25, 0.3) is 0 Å². The van der Waals surface area contributed by atoms with Crippen LogP contribution in [0.15, 0.2) is 59.5 Å². The molecule has 184 valence electrons. The number of ether oxygens (including phenoxy) is 2. The van der Waals surface area contributed by atoms with Crippen LogP contribution in [0.3, 0.4) is 0 Å². The SMILES string of the molecule is CS(=O)(=O)N1CCN(c2cnn(-c3cccc(Cl)c3)c(=O)c2OC2COc3ccccc3C2)CC1. The largest absolute Gasteiger partial charge is 0.489 e. The summed E-state index contributed by atoms with van der Waals surface area (Å²) in [7, 11) is -3.28. The highest BCUT2D eigenvalue weighted by Gasteiger charge is 2.29. The topological polar surface area (TPSA) is 94.0 Å². The fourth-order valence-electron chi connectivity index (χ4n) is 4.36. The van der Waals surface area contributed by atoms with Gasteiger partial charge >= 0.3 is 5.56 Å². The molecule has 3 heterocycles. The van der Waals surface area contributed by atoms with E-state index in [1.54, 1.807) is 30.5 Å². The van der Waals surface area contributed by atoms with Gasteiger partial charge in [-0.2, -0.15) is 14.1 Å². The van der Waals surface area contributed by atoms with E-state index in [0.29, 0.717) is 55.6 Å². The van der Waals surface area contributed by atoms with Crippen molar-refractivity contribution in [3.05, 3.63) is 75.7 Å². The summed E-state index contributed by atoms with van der Waals surface area (Å²) in [5.41, 5.74) is 1.64. The summed E-state index contributed by atoms with van der Waals surface area (Å²) in [6, 6.07) is 14.6. The molecule has 1 saturated heterocycles. The zero-order valence-electron chi connectivity index (χ0n) is 19.1. The van der Waals surface area contributed by atoms with E-state index in [9.17, 15) is 13.2 Å². The maximum Gasteiger partial charge on any atom is 0.316 e. The van der Waals surface area contributed by atoms with Gasteiger partial charge < -0.3 is 14.4 Å². The molecule has 1 unspecified atom stereocenters. The molecule has 0 saturated carbocycles. The minimum absolute atomic E-state index is 0.153. The highest BCUT2D eigenvalue weighted by molar-refractivity contribution is 7.88. The van der Waals surface area contributed by atoms with Crippen molar-refractivity contribution in [3.8, 4) is 17.2 Å². The van der Waals surface area contributed by atoms with Gasteiger partial charge in [0.2, 0.25) is 15.8 Å². The van der Waals surface area contributed by atoms with Crippen LogP contribution in [-0.2, 0) is 16.4 Å². The number of aromatic nitrogens is 2. The molecule has 2 aliphatic heterocycles. The van der Waals surface area contributed by atoms with Crippen molar-refractivity contribution in [1.29, 1.82) is 0 Å². The van der Waals surface area contributed by atoms with Gasteiger partial charge in [0.05, 0.1) is 18.1 Å². The Balaban J connectivity index is 1.49. The first-order valence-electron chi connectivity index (χ1n) is 11.3. The van der Waals surface area contributed by atoms with E-state index in [0.717, 1.165) is 11.3 Å². The monoisotopic (exact) mass is 516 g/mol. The minimum Gasteiger partial charge on any atom is -0.489 e. The molecule has 0 spiro atoms. The molecule has 3 aromatic rings. The fraction of sp³-hybridized carbons (Fsp3) is 0.333. The zero-order chi connectivity index (χ0) is 24.6. The van der Waals surface area contributed by atoms with Crippen molar-refractivity contribution in [2.75, 3.05) is 43.9 Å². The Bertz CT molecular complexity index is 1400. The lowest BCUT2D eigenvalue weighted by atomic mass is 10.0. The number of benzene rings is 2. The third-order valence-corrected chi connectivity index (χ3v) is 7.68. The molecular formula is C24H25ClN4O5S. The highest BCUT2D eigenvalue weighted by Crippen LogP contribution is 2.30. The lowest BCUT2D eigenvalue weighted by Gasteiger charge is -2.35. The number of sulfonamides is 1. The van der Waals surface area contributed by atoms with E-state index in [1.165, 1.54) is 15.2 Å². The van der Waals surface area contributed by atoms with Gasteiger partial charge in [0, 0.05) is 37.6 Å². The average molecular weight is 517 g/mol. The normalized spacial score (nSPS) is 18.6. The van der Waals surface area contributed by atoms with Crippen molar-refractivity contribution in [2.45, 2.75) is 12.5 Å². The molecule has 0 bridgehead atoms. The highest BCUT2D eigenvalue weighted by atomic mass is 35.5. The van der Waals surface area contributed by atoms with Crippen molar-refractivity contribution in [2.24, 2.45) is 0 Å². The van der Waals surface area contributed by atoms with Crippen LogP contribution < -0.4 is 19.9 Å². The van der Waals surface area contributed by atoms with Crippen LogP contribution >= 0.6 is 11.6 Å². The first kappa shape index (κ1) is 23.7. The molecule has 0 aliphatic carbocycles. The number of halogens is 1. The smallest absolute Gasteiger partial charge is 0.316 e. The van der Waals surface area contributed by atoms with E-state index >= 15 is 0 Å². The molecular weight excluding hydrogens is 492 g/mol. The molecule has 9 nitrogen and oxygen atoms in total. The van der Waals surface area contributed by atoms with Crippen LogP contribution in [0.5, 0.6) is 11.5 Å². The van der Waals surface area contributed by atoms with Crippen molar-refractivity contribution in [1.82, 2.24) is 14.1 Å². The predicted molar refractivity (Wildman–Crippen MR) is 134 cm³/mol. The van der Waals surface area contributed by atoms with E-state index in [1.807, 2.05) is 29.2 Å². The maximum atomic E-state index is 13.6. The predicted octanol–water partition coefficient (Wildman–Crippen LogP) is 2.35. The number of rotatable bonds is 5. The average Bonchev–Trinajstić information content (AvgIpc) is 2.85. The number of hydrogen-bond donors (Lipinski definition) is 0. The number of hydrogen-bond acceptors (Lipinski definition) is 7. The van der Waals surface area contributed by atoms with Gasteiger partial charge in [0.15, 0.2) is 0 Å². The Labute approximate surface area is 208 Å². The van der Waals surface area contributed by atoms with Gasteiger partial charge in [-0.05, 0) is 29.8 Å². The quantitative estimate of drug-likeness (QED) is 0.514. The van der Waals surface area contributed by atoms with Crippen LogP contribution in [-0.4, -0.2) is 67.6 Å². The van der Waals surface area contributed by atoms with Gasteiger partial charge in [-0.1, -0.05) is 35.9 Å². The van der Waals surface area contributed by atoms with Crippen molar-refractivity contribution >= 4 is 27.3 Å². The Morgan fingerprint density at radius 2 is 1.86 bits per heavy atom. The number of fused-ring (bicyclic) bond motifs is 1. The van der Waals surface area contributed by atoms with Crippen LogP contribution in [0.2, 0.25) is 5.02 Å². The summed E-state index contributed by atoms with van der Waals surface area (Å²) in [6.07, 6.45) is 3.01. The van der Waals surface area contributed by atoms with E-state index in [-0.39, 0.29) is 11.9 Å². The first-order valence-corrected chi connectivity index (χ1v) is 13.5. The van der Waals surface area contributed by atoms with Gasteiger partial charge in [-0.15, -0.1) is 0 Å². The van der Waals surface area contributed by atoms with Crippen LogP contribution in [0.4, 0.5) is 5.69 Å². The number of para-hydroxylation sites is 1. The fourth-order valence-corrected chi connectivity index (χ4v) is 5.37. The van der Waals surface area contributed by atoms with Gasteiger partial charge in [-0.3, -0.25) is 4.79 Å². The second-order valence-electron chi connectivity index (χ2n) is 8.57. The summed E-state index contributed by atoms with van der Waals surface area (Å²) in [5.74, 6) is 0.969. The third kappa shape index (κ3) is 5.00. The minimum atomic E-state index is -3.28. The molecule has 1 fully saturated rings. The Morgan fingerprint density at radius 1 is 1.09 bits per heavy atom. The standard InChI is InChI=1S/C24H25ClN4O5S/c1-35(31,32)28-11-9-27(10-12-28)21-15-26-29(19-7-4-6-18(25)14-19)24(30)23(21)34-20-13-17-5-2-3-8-22(17)33-16-20/h2-8,14-15,20H,9-13,16H2,1H3. The Hall–Kier alpha value is -3.08. The number of nitrogens with zero attached hydrogens (tertiary/aromatic N) is 4. The molecule has 11 heteroatoms. The van der Waals surface area contributed by atoms with Crippen LogP contribution in [0.1, 0.15) is 5.56 Å². The molecule has 1 aromatic heterocycles. The Kier molecular flexibility index (Phi) is 6.43. The van der Waals surface area contributed by atoms with Crippen molar-refractivity contribution < 1.29 is 17.9 Å². The Morgan fingerprint density at radius 3 is 2.60 bits per heavy atom. The maximum absolute atomic E-state index is 13.6. The molecule has 0 amide bonds. The number of piperazine rings is 1. The molecule has 5 rings (SSSR count). The zero-order valence-corrected chi connectivity index (χ0v) is 20.7. The third-order valence-electron chi connectivity index (χ3n) is 6.15. The second kappa shape index (κ2) is 9.52. The van der Waals surface area contributed by atoms with E-state index in [4.69, 9.17) is 21.1 Å². The summed E-state index contributed by atoms with van der Waals surface area (Å²) < 4.78 is 38.7. The lowest BCUT2D eigenvalue weighted by Crippen LogP contribution is -2.49. The summed E-state index contributed by atoms with van der Waals surface area (Å²) in [6.45, 7) is 1.76. The van der Waals surface area contributed by atoms with Crippen LogP contribution in [0, 0.1) is 0 Å². The lowest BCUT2D eigenvalue weighted by molar-refractivity contribution is 0.110. The van der Waals surface area contributed by atoms with Crippen molar-refractivity contribution in [3.63, 3.8) is 0 Å². The molecule has 2 aromatic carbocycles. The van der Waals surface area contributed by atoms with Gasteiger partial charge in [0.1, 0.15) is 24.1 Å². The van der Waals surface area contributed by atoms with E-state index < -0.39 is 15.6 Å². The molecule has 35 heavy (non-hydrogen) atoms. The second-order valence-corrected chi connectivity index (χ2v) is 11.0. The molecule has 1 atom stereocenters. The summed E-state index contributed by atoms with van der Waals surface area (Å²) in [5, 5.41) is 4.87. The van der Waals surface area contributed by atoms with Crippen LogP contribution in [0.25, 0.3) is 5.69 Å². The van der Waals surface area contributed by atoms with E-state index in [2.05, 4.69) is 5.10 Å². The number of anilines is 1. The molecule has 2 aliphatic rings. The van der Waals surface area contributed by atoms with Gasteiger partial charge in [-0.25, -0.2) is 8.42 Å². The summed E-state index contributed by atoms with van der Waals surface area (Å²) in [4.78, 5) is 15.6.